The van der Waals surface area contributed by atoms with Gasteiger partial charge < -0.3 is 15.0 Å². The molecular formula is C18H21N3O3S. The van der Waals surface area contributed by atoms with Gasteiger partial charge in [-0.15, -0.1) is 0 Å². The summed E-state index contributed by atoms with van der Waals surface area (Å²) in [6.45, 7) is 6.54. The van der Waals surface area contributed by atoms with Gasteiger partial charge in [-0.1, -0.05) is 11.3 Å². The molecule has 3 rings (SSSR count). The normalized spacial score (nSPS) is 13.5. The molecule has 25 heavy (non-hydrogen) atoms. The van der Waals surface area contributed by atoms with E-state index in [1.165, 1.54) is 18.3 Å². The monoisotopic (exact) mass is 359 g/mol. The summed E-state index contributed by atoms with van der Waals surface area (Å²) >= 11 is 1.43. The molecule has 1 aromatic heterocycles. The highest BCUT2D eigenvalue weighted by atomic mass is 32.1. The van der Waals surface area contributed by atoms with Crippen molar-refractivity contribution in [2.24, 2.45) is 0 Å². The van der Waals surface area contributed by atoms with Crippen molar-refractivity contribution in [1.29, 1.82) is 0 Å². The lowest BCUT2D eigenvalue weighted by atomic mass is 10.1. The minimum absolute atomic E-state index is 0.00350. The SMILES string of the molecule is CC(=O)Nc1nc2c(s1)CN(C(=O)c1ccc(OC(C)C)cc1)CC2. The van der Waals surface area contributed by atoms with E-state index in [4.69, 9.17) is 4.74 Å². The summed E-state index contributed by atoms with van der Waals surface area (Å²) in [5.41, 5.74) is 1.62. The Morgan fingerprint density at radius 1 is 1.28 bits per heavy atom. The summed E-state index contributed by atoms with van der Waals surface area (Å²) in [7, 11) is 0. The first-order valence-electron chi connectivity index (χ1n) is 8.24. The van der Waals surface area contributed by atoms with Crippen LogP contribution in [0.4, 0.5) is 5.13 Å². The van der Waals surface area contributed by atoms with E-state index in [0.717, 1.165) is 16.3 Å². The summed E-state index contributed by atoms with van der Waals surface area (Å²) in [5, 5.41) is 3.31. The number of carbonyl (C=O) groups excluding carboxylic acids is 2. The van der Waals surface area contributed by atoms with Crippen molar-refractivity contribution in [2.45, 2.75) is 39.8 Å². The number of nitrogens with zero attached hydrogens (tertiary/aromatic N) is 2. The van der Waals surface area contributed by atoms with Gasteiger partial charge in [0.1, 0.15) is 5.75 Å². The van der Waals surface area contributed by atoms with Gasteiger partial charge in [0.15, 0.2) is 5.13 Å². The molecule has 0 atom stereocenters. The van der Waals surface area contributed by atoms with Crippen LogP contribution < -0.4 is 10.1 Å². The smallest absolute Gasteiger partial charge is 0.254 e. The van der Waals surface area contributed by atoms with E-state index >= 15 is 0 Å². The maximum atomic E-state index is 12.7. The Bertz CT molecular complexity index is 783. The van der Waals surface area contributed by atoms with Crippen molar-refractivity contribution < 1.29 is 14.3 Å². The van der Waals surface area contributed by atoms with Crippen LogP contribution in [0.15, 0.2) is 24.3 Å². The summed E-state index contributed by atoms with van der Waals surface area (Å²) in [4.78, 5) is 31.2. The number of nitrogens with one attached hydrogen (secondary N) is 1. The van der Waals surface area contributed by atoms with Gasteiger partial charge in [-0.25, -0.2) is 4.98 Å². The number of carbonyl (C=O) groups is 2. The van der Waals surface area contributed by atoms with Crippen LogP contribution in [0.2, 0.25) is 0 Å². The summed E-state index contributed by atoms with van der Waals surface area (Å²) < 4.78 is 5.61. The van der Waals surface area contributed by atoms with Gasteiger partial charge in [0.2, 0.25) is 5.91 Å². The molecule has 2 heterocycles. The summed E-state index contributed by atoms with van der Waals surface area (Å²) in [5.74, 6) is 0.619. The molecule has 1 aliphatic rings. The van der Waals surface area contributed by atoms with Crippen LogP contribution >= 0.6 is 11.3 Å². The van der Waals surface area contributed by atoms with Crippen LogP contribution in [-0.4, -0.2) is 34.3 Å². The maximum Gasteiger partial charge on any atom is 0.254 e. The second-order valence-corrected chi connectivity index (χ2v) is 7.32. The molecule has 7 heteroatoms. The minimum Gasteiger partial charge on any atom is -0.491 e. The summed E-state index contributed by atoms with van der Waals surface area (Å²) in [6.07, 6.45) is 0.803. The number of fused-ring (bicyclic) bond motifs is 1. The third-order valence-corrected chi connectivity index (χ3v) is 4.77. The van der Waals surface area contributed by atoms with E-state index in [1.807, 2.05) is 30.9 Å². The fourth-order valence-corrected chi connectivity index (χ4v) is 3.77. The molecule has 0 unspecified atom stereocenters. The molecule has 1 aromatic carbocycles. The number of rotatable bonds is 4. The van der Waals surface area contributed by atoms with Gasteiger partial charge >= 0.3 is 0 Å². The Morgan fingerprint density at radius 2 is 2.00 bits per heavy atom. The summed E-state index contributed by atoms with van der Waals surface area (Å²) in [6, 6.07) is 7.24. The van der Waals surface area contributed by atoms with Crippen LogP contribution in [0.1, 0.15) is 41.7 Å². The molecule has 1 N–H and O–H groups in total. The number of hydrogen-bond acceptors (Lipinski definition) is 5. The van der Waals surface area contributed by atoms with Gasteiger partial charge in [0.05, 0.1) is 18.3 Å². The molecule has 0 bridgehead atoms. The molecule has 0 saturated carbocycles. The van der Waals surface area contributed by atoms with Gasteiger partial charge in [-0.3, -0.25) is 9.59 Å². The van der Waals surface area contributed by atoms with E-state index in [1.54, 1.807) is 12.1 Å². The Hall–Kier alpha value is -2.41. The van der Waals surface area contributed by atoms with E-state index in [-0.39, 0.29) is 17.9 Å². The van der Waals surface area contributed by atoms with Crippen molar-refractivity contribution in [2.75, 3.05) is 11.9 Å². The van der Waals surface area contributed by atoms with Crippen molar-refractivity contribution >= 4 is 28.3 Å². The number of anilines is 1. The lowest BCUT2D eigenvalue weighted by Crippen LogP contribution is -2.35. The first kappa shape index (κ1) is 17.4. The fourth-order valence-electron chi connectivity index (χ4n) is 2.70. The molecular weight excluding hydrogens is 338 g/mol. The Labute approximate surface area is 150 Å². The molecule has 1 aliphatic heterocycles. The third-order valence-electron chi connectivity index (χ3n) is 3.77. The van der Waals surface area contributed by atoms with E-state index in [9.17, 15) is 9.59 Å². The number of amides is 2. The molecule has 132 valence electrons. The first-order valence-corrected chi connectivity index (χ1v) is 9.06. The maximum absolute atomic E-state index is 12.7. The van der Waals surface area contributed by atoms with E-state index in [2.05, 4.69) is 10.3 Å². The zero-order valence-corrected chi connectivity index (χ0v) is 15.4. The van der Waals surface area contributed by atoms with Gasteiger partial charge in [0, 0.05) is 30.3 Å². The zero-order chi connectivity index (χ0) is 18.0. The van der Waals surface area contributed by atoms with Crippen LogP contribution in [0.3, 0.4) is 0 Å². The second kappa shape index (κ2) is 7.23. The molecule has 0 saturated heterocycles. The van der Waals surface area contributed by atoms with Crippen LogP contribution in [0.25, 0.3) is 0 Å². The Kier molecular flexibility index (Phi) is 5.03. The molecule has 6 nitrogen and oxygen atoms in total. The predicted molar refractivity (Wildman–Crippen MR) is 97.1 cm³/mol. The van der Waals surface area contributed by atoms with Crippen molar-refractivity contribution in [3.63, 3.8) is 0 Å². The number of benzene rings is 1. The molecule has 0 spiro atoms. The molecule has 0 radical (unpaired) electrons. The Morgan fingerprint density at radius 3 is 2.64 bits per heavy atom. The van der Waals surface area contributed by atoms with Crippen LogP contribution in [-0.2, 0) is 17.8 Å². The molecule has 0 aliphatic carbocycles. The molecule has 2 amide bonds. The average Bonchev–Trinajstić information content (AvgIpc) is 2.94. The predicted octanol–water partition coefficient (Wildman–Crippen LogP) is 3.09. The molecule has 2 aromatic rings. The standard InChI is InChI=1S/C18H21N3O3S/c1-11(2)24-14-6-4-13(5-7-14)17(23)21-9-8-15-16(10-21)25-18(20-15)19-12(3)22/h4-7,11H,8-10H2,1-3H3,(H,19,20,22). The van der Waals surface area contributed by atoms with Gasteiger partial charge in [0.25, 0.3) is 5.91 Å². The van der Waals surface area contributed by atoms with Gasteiger partial charge in [-0.05, 0) is 38.1 Å². The highest BCUT2D eigenvalue weighted by Crippen LogP contribution is 2.29. The first-order chi connectivity index (χ1) is 11.9. The number of hydrogen-bond donors (Lipinski definition) is 1. The quantitative estimate of drug-likeness (QED) is 0.911. The minimum atomic E-state index is -0.136. The van der Waals surface area contributed by atoms with E-state index < -0.39 is 0 Å². The lowest BCUT2D eigenvalue weighted by Gasteiger charge is -2.26. The second-order valence-electron chi connectivity index (χ2n) is 6.24. The number of ether oxygens (including phenoxy) is 1. The van der Waals surface area contributed by atoms with Crippen molar-refractivity contribution in [3.8, 4) is 5.75 Å². The third kappa shape index (κ3) is 4.17. The number of thiazole rings is 1. The van der Waals surface area contributed by atoms with Gasteiger partial charge in [-0.2, -0.15) is 0 Å². The average molecular weight is 359 g/mol. The largest absolute Gasteiger partial charge is 0.491 e. The fraction of sp³-hybridized carbons (Fsp3) is 0.389. The zero-order valence-electron chi connectivity index (χ0n) is 14.5. The van der Waals surface area contributed by atoms with Crippen LogP contribution in [0, 0.1) is 0 Å². The highest BCUT2D eigenvalue weighted by Gasteiger charge is 2.25. The van der Waals surface area contributed by atoms with Crippen molar-refractivity contribution in [1.82, 2.24) is 9.88 Å². The van der Waals surface area contributed by atoms with Crippen LogP contribution in [0.5, 0.6) is 5.75 Å². The van der Waals surface area contributed by atoms with Crippen molar-refractivity contribution in [3.05, 3.63) is 40.4 Å². The number of aromatic nitrogens is 1. The Balaban J connectivity index is 1.69. The topological polar surface area (TPSA) is 71.5 Å². The van der Waals surface area contributed by atoms with E-state index in [0.29, 0.717) is 30.2 Å². The lowest BCUT2D eigenvalue weighted by molar-refractivity contribution is -0.114. The highest BCUT2D eigenvalue weighted by molar-refractivity contribution is 7.15. The molecule has 0 fully saturated rings.